The van der Waals surface area contributed by atoms with Gasteiger partial charge in [-0.2, -0.15) is 44.3 Å². The molecule has 0 radical (unpaired) electrons. The molecule has 0 aliphatic heterocycles. The van der Waals surface area contributed by atoms with E-state index in [9.17, 15) is 18.0 Å². The van der Waals surface area contributed by atoms with Gasteiger partial charge in [0, 0.05) is 0 Å². The van der Waals surface area contributed by atoms with E-state index in [1.165, 1.54) is 63.4 Å². The molecule has 0 heterocycles. The smallest absolute Gasteiger partial charge is 0.481 e. The van der Waals surface area contributed by atoms with Gasteiger partial charge in [-0.3, -0.25) is 14.1 Å². The van der Waals surface area contributed by atoms with Crippen molar-refractivity contribution in [3.8, 4) is 0 Å². The average Bonchev–Trinajstić information content (AvgIpc) is 2.62. The van der Waals surface area contributed by atoms with E-state index < -0.39 is 33.7 Å². The summed E-state index contributed by atoms with van der Waals surface area (Å²) in [6, 6.07) is 11.6. The predicted octanol–water partition coefficient (Wildman–Crippen LogP) is 0.976. The van der Waals surface area contributed by atoms with Crippen molar-refractivity contribution in [2.75, 3.05) is 0 Å². The van der Waals surface area contributed by atoms with Gasteiger partial charge in [-0.1, -0.05) is 64.7 Å². The molecule has 3 N–H and O–H groups in total. The summed E-state index contributed by atoms with van der Waals surface area (Å²) in [6.07, 6.45) is 11.2. The van der Waals surface area contributed by atoms with Crippen LogP contribution in [0.5, 0.6) is 0 Å². The minimum absolute atomic E-state index is 0. The Labute approximate surface area is 195 Å². The van der Waals surface area contributed by atoms with Gasteiger partial charge in [-0.25, -0.2) is 0 Å². The number of unbranched alkanes of at least 4 members (excludes halogenated alkanes) is 7. The third-order valence-corrected chi connectivity index (χ3v) is 5.16. The van der Waals surface area contributed by atoms with E-state index in [2.05, 4.69) is 25.1 Å². The molecule has 0 aromatic heterocycles. The van der Waals surface area contributed by atoms with Crippen molar-refractivity contribution in [1.29, 1.82) is 0 Å². The molecule has 29 heavy (non-hydrogen) atoms. The fourth-order valence-electron chi connectivity index (χ4n) is 2.51. The van der Waals surface area contributed by atoms with Gasteiger partial charge in [-0.15, -0.1) is 0 Å². The normalized spacial score (nSPS) is 11.5. The number of hydrogen-bond donors (Lipinski definition) is 3. The van der Waals surface area contributed by atoms with Crippen molar-refractivity contribution < 1.29 is 62.3 Å². The van der Waals surface area contributed by atoms with Gasteiger partial charge >= 0.3 is 41.5 Å². The van der Waals surface area contributed by atoms with E-state index in [1.807, 2.05) is 12.1 Å². The molecule has 1 atom stereocenters. The third kappa shape index (κ3) is 17.6. The maximum absolute atomic E-state index is 10.2. The summed E-state index contributed by atoms with van der Waals surface area (Å²) in [5.74, 6) is -3.50. The summed E-state index contributed by atoms with van der Waals surface area (Å²) in [5.41, 5.74) is 1.37. The van der Waals surface area contributed by atoms with Crippen molar-refractivity contribution in [2.24, 2.45) is 0 Å². The van der Waals surface area contributed by atoms with E-state index in [0.717, 1.165) is 0 Å². The zero-order chi connectivity index (χ0) is 21.4. The minimum atomic E-state index is -4.84. The van der Waals surface area contributed by atoms with Crippen LogP contribution in [0.15, 0.2) is 24.3 Å². The van der Waals surface area contributed by atoms with Gasteiger partial charge in [0.25, 0.3) is 10.1 Å². The van der Waals surface area contributed by atoms with E-state index >= 15 is 0 Å². The Morgan fingerprint density at radius 1 is 1.00 bits per heavy atom. The van der Waals surface area contributed by atoms with Gasteiger partial charge in [-0.05, 0) is 0 Å². The molecule has 9 heteroatoms. The molecule has 7 nitrogen and oxygen atoms in total. The first-order valence-corrected chi connectivity index (χ1v) is 11.0. The molecule has 1 unspecified atom stereocenters. The Morgan fingerprint density at radius 3 is 1.93 bits per heavy atom. The fourth-order valence-corrected chi connectivity index (χ4v) is 3.12. The zero-order valence-corrected chi connectivity index (χ0v) is 20.2. The number of aryl methyl sites for hydroxylation is 1. The molecule has 1 aromatic rings. The van der Waals surface area contributed by atoms with E-state index in [4.69, 9.17) is 14.8 Å². The molecule has 0 spiro atoms. The van der Waals surface area contributed by atoms with Crippen LogP contribution in [0, 0.1) is 6.07 Å². The number of carboxylic acid groups (broad SMARTS) is 2. The van der Waals surface area contributed by atoms with Crippen LogP contribution in [0.1, 0.15) is 70.3 Å². The Kier molecular flexibility index (Phi) is 18.7. The van der Waals surface area contributed by atoms with Gasteiger partial charge in [0.2, 0.25) is 0 Å². The van der Waals surface area contributed by atoms with Crippen molar-refractivity contribution in [3.05, 3.63) is 35.9 Å². The Balaban J connectivity index is 0. The van der Waals surface area contributed by atoms with Crippen LogP contribution in [0.25, 0.3) is 0 Å². The Hall–Kier alpha value is -0.930. The molecule has 0 aliphatic carbocycles. The molecular weight excluding hydrogens is 407 g/mol. The first-order valence-electron chi connectivity index (χ1n) is 9.55. The van der Waals surface area contributed by atoms with Crippen molar-refractivity contribution in [1.82, 2.24) is 0 Å². The summed E-state index contributed by atoms with van der Waals surface area (Å²) in [5, 5.41) is 13.9. The second-order valence-electron chi connectivity index (χ2n) is 6.55. The van der Waals surface area contributed by atoms with Crippen LogP contribution >= 0.6 is 0 Å². The molecule has 0 fully saturated rings. The predicted molar refractivity (Wildman–Crippen MR) is 107 cm³/mol. The molecule has 1 rings (SSSR count). The summed E-state index contributed by atoms with van der Waals surface area (Å²) >= 11 is 0. The van der Waals surface area contributed by atoms with E-state index in [0.29, 0.717) is 0 Å². The fraction of sp³-hybridized carbons (Fsp3) is 0.600. The van der Waals surface area contributed by atoms with Crippen molar-refractivity contribution in [2.45, 2.75) is 76.4 Å². The van der Waals surface area contributed by atoms with Gasteiger partial charge in [0.05, 0.1) is 6.42 Å². The molecule has 0 saturated heterocycles. The molecule has 0 bridgehead atoms. The van der Waals surface area contributed by atoms with Crippen LogP contribution in [0.3, 0.4) is 0 Å². The third-order valence-electron chi connectivity index (χ3n) is 4.07. The van der Waals surface area contributed by atoms with Crippen LogP contribution < -0.4 is 29.6 Å². The second-order valence-corrected chi connectivity index (χ2v) is 8.15. The number of aliphatic carboxylic acids is 2. The van der Waals surface area contributed by atoms with E-state index in [1.54, 1.807) is 0 Å². The maximum Gasteiger partial charge on any atom is 1.00 e. The minimum Gasteiger partial charge on any atom is -0.481 e. The standard InChI is InChI=1S/C16H25.C4H6O7S.Na/c1-2-3-4-5-6-7-8-10-13-16-14-11-9-12-15-16;5-3(6)1-2(4(7)8)12(9,10)11;/h9,11-12,14H,2-8,10,13H2,1H3;2H,1H2,(H,5,6)(H,7,8)(H,9,10,11);/q-1;;+1. The molecular formula is C20H31NaO7S. The first kappa shape index (κ1) is 30.3. The largest absolute Gasteiger partial charge is 1.00 e. The summed E-state index contributed by atoms with van der Waals surface area (Å²) in [6.45, 7) is 2.27. The second kappa shape index (κ2) is 17.9. The maximum atomic E-state index is 10.2. The van der Waals surface area contributed by atoms with Gasteiger partial charge in [0.15, 0.2) is 5.25 Å². The molecule has 0 amide bonds. The topological polar surface area (TPSA) is 129 Å². The molecule has 0 aliphatic rings. The van der Waals surface area contributed by atoms with Crippen LogP contribution in [0.2, 0.25) is 0 Å². The van der Waals surface area contributed by atoms with E-state index in [-0.39, 0.29) is 29.6 Å². The Morgan fingerprint density at radius 2 is 1.55 bits per heavy atom. The SMILES string of the molecule is CCCCCCCCCCc1[c-]cccc1.O=C(O)CC(C(=O)O)S(=O)(=O)O.[Na+]. The number of carboxylic acids is 2. The molecule has 0 saturated carbocycles. The first-order chi connectivity index (χ1) is 13.2. The quantitative estimate of drug-likeness (QED) is 0.181. The molecule has 160 valence electrons. The Bertz CT molecular complexity index is 663. The number of hydrogen-bond acceptors (Lipinski definition) is 4. The molecule has 1 aromatic carbocycles. The zero-order valence-electron chi connectivity index (χ0n) is 17.3. The van der Waals surface area contributed by atoms with Crippen molar-refractivity contribution >= 4 is 22.1 Å². The van der Waals surface area contributed by atoms with Crippen molar-refractivity contribution in [3.63, 3.8) is 0 Å². The van der Waals surface area contributed by atoms with Crippen LogP contribution in [-0.2, 0) is 26.1 Å². The average molecular weight is 439 g/mol. The summed E-state index contributed by atoms with van der Waals surface area (Å²) in [7, 11) is -4.84. The number of rotatable bonds is 13. The van der Waals surface area contributed by atoms with Crippen LogP contribution in [0.4, 0.5) is 0 Å². The van der Waals surface area contributed by atoms with Gasteiger partial charge < -0.3 is 10.2 Å². The number of carbonyl (C=O) groups is 2. The summed E-state index contributed by atoms with van der Waals surface area (Å²) < 4.78 is 28.7. The van der Waals surface area contributed by atoms with Crippen LogP contribution in [-0.4, -0.2) is 40.4 Å². The number of benzene rings is 1. The van der Waals surface area contributed by atoms with Gasteiger partial charge in [0.1, 0.15) is 0 Å². The summed E-state index contributed by atoms with van der Waals surface area (Å²) in [4.78, 5) is 20.0. The monoisotopic (exact) mass is 438 g/mol.